The summed E-state index contributed by atoms with van der Waals surface area (Å²) in [6, 6.07) is 22.1. The second-order valence-electron chi connectivity index (χ2n) is 6.20. The standard InChI is InChI=1S/C21H22N2O3S/c1-2-23(16-21(24)22-15-17-8-4-3-5-9-17)27(25,26)20-13-12-18-10-6-7-11-19(18)14-20/h3-14H,2,15-16H2,1H3,(H,22,24). The number of fused-ring (bicyclic) bond motifs is 1. The number of nitrogens with zero attached hydrogens (tertiary/aromatic N) is 1. The number of carbonyl (C=O) groups is 1. The molecular weight excluding hydrogens is 360 g/mol. The number of hydrogen-bond donors (Lipinski definition) is 1. The Kier molecular flexibility index (Phi) is 5.88. The fourth-order valence-corrected chi connectivity index (χ4v) is 4.30. The van der Waals surface area contributed by atoms with Crippen LogP contribution < -0.4 is 5.32 Å². The number of carbonyl (C=O) groups excluding carboxylic acids is 1. The molecular formula is C21H22N2O3S. The Bertz CT molecular complexity index is 1030. The van der Waals surface area contributed by atoms with Crippen LogP contribution in [0.4, 0.5) is 0 Å². The summed E-state index contributed by atoms with van der Waals surface area (Å²) in [6.07, 6.45) is 0. The van der Waals surface area contributed by atoms with E-state index in [1.54, 1.807) is 25.1 Å². The molecule has 0 heterocycles. The van der Waals surface area contributed by atoms with Crippen molar-refractivity contribution in [2.45, 2.75) is 18.4 Å². The first-order chi connectivity index (χ1) is 13.0. The maximum atomic E-state index is 13.0. The Hall–Kier alpha value is -2.70. The smallest absolute Gasteiger partial charge is 0.243 e. The third-order valence-corrected chi connectivity index (χ3v) is 6.28. The highest BCUT2D eigenvalue weighted by atomic mass is 32.2. The van der Waals surface area contributed by atoms with Crippen molar-refractivity contribution in [3.05, 3.63) is 78.4 Å². The second-order valence-corrected chi connectivity index (χ2v) is 8.14. The topological polar surface area (TPSA) is 66.5 Å². The van der Waals surface area contributed by atoms with Gasteiger partial charge in [-0.25, -0.2) is 8.42 Å². The van der Waals surface area contributed by atoms with Crippen molar-refractivity contribution < 1.29 is 13.2 Å². The molecule has 0 aliphatic rings. The summed E-state index contributed by atoms with van der Waals surface area (Å²) in [7, 11) is -3.75. The molecule has 140 valence electrons. The van der Waals surface area contributed by atoms with E-state index in [0.29, 0.717) is 6.54 Å². The van der Waals surface area contributed by atoms with E-state index in [-0.39, 0.29) is 23.9 Å². The van der Waals surface area contributed by atoms with Crippen molar-refractivity contribution in [2.24, 2.45) is 0 Å². The van der Waals surface area contributed by atoms with Gasteiger partial charge in [0, 0.05) is 13.1 Å². The van der Waals surface area contributed by atoms with Gasteiger partial charge in [0.25, 0.3) is 0 Å². The molecule has 1 amide bonds. The van der Waals surface area contributed by atoms with E-state index in [4.69, 9.17) is 0 Å². The summed E-state index contributed by atoms with van der Waals surface area (Å²) in [5.74, 6) is -0.329. The second kappa shape index (κ2) is 8.33. The van der Waals surface area contributed by atoms with Crippen LogP contribution in [0, 0.1) is 0 Å². The van der Waals surface area contributed by atoms with E-state index in [2.05, 4.69) is 5.32 Å². The van der Waals surface area contributed by atoms with Crippen molar-refractivity contribution >= 4 is 26.7 Å². The van der Waals surface area contributed by atoms with Gasteiger partial charge in [0.1, 0.15) is 0 Å². The predicted octanol–water partition coefficient (Wildman–Crippen LogP) is 3.17. The molecule has 0 aromatic heterocycles. The summed E-state index contributed by atoms with van der Waals surface area (Å²) >= 11 is 0. The van der Waals surface area contributed by atoms with Crippen LogP contribution in [0.5, 0.6) is 0 Å². The Morgan fingerprint density at radius 2 is 1.59 bits per heavy atom. The van der Waals surface area contributed by atoms with Gasteiger partial charge in [0.15, 0.2) is 0 Å². The number of sulfonamides is 1. The van der Waals surface area contributed by atoms with Crippen LogP contribution in [0.25, 0.3) is 10.8 Å². The minimum atomic E-state index is -3.75. The quantitative estimate of drug-likeness (QED) is 0.683. The lowest BCUT2D eigenvalue weighted by Crippen LogP contribution is -2.40. The summed E-state index contributed by atoms with van der Waals surface area (Å²) in [5, 5.41) is 4.59. The first-order valence-corrected chi connectivity index (χ1v) is 10.2. The zero-order valence-corrected chi connectivity index (χ0v) is 15.9. The molecule has 0 atom stereocenters. The summed E-state index contributed by atoms with van der Waals surface area (Å²) < 4.78 is 27.1. The van der Waals surface area contributed by atoms with Gasteiger partial charge < -0.3 is 5.32 Å². The van der Waals surface area contributed by atoms with E-state index in [0.717, 1.165) is 16.3 Å². The van der Waals surface area contributed by atoms with Crippen LogP contribution in [-0.2, 0) is 21.4 Å². The third kappa shape index (κ3) is 4.53. The van der Waals surface area contributed by atoms with Crippen molar-refractivity contribution in [2.75, 3.05) is 13.1 Å². The van der Waals surface area contributed by atoms with Crippen molar-refractivity contribution in [3.8, 4) is 0 Å². The zero-order chi connectivity index (χ0) is 19.3. The molecule has 3 rings (SSSR count). The first kappa shape index (κ1) is 19.1. The van der Waals surface area contributed by atoms with Gasteiger partial charge in [0.05, 0.1) is 11.4 Å². The molecule has 0 bridgehead atoms. The average Bonchev–Trinajstić information content (AvgIpc) is 2.70. The Labute approximate surface area is 159 Å². The third-order valence-electron chi connectivity index (χ3n) is 4.36. The number of amides is 1. The van der Waals surface area contributed by atoms with Crippen LogP contribution >= 0.6 is 0 Å². The van der Waals surface area contributed by atoms with Gasteiger partial charge in [-0.2, -0.15) is 4.31 Å². The highest BCUT2D eigenvalue weighted by molar-refractivity contribution is 7.89. The summed E-state index contributed by atoms with van der Waals surface area (Å²) in [4.78, 5) is 12.5. The van der Waals surface area contributed by atoms with Gasteiger partial charge >= 0.3 is 0 Å². The molecule has 3 aromatic carbocycles. The molecule has 0 fully saturated rings. The molecule has 5 nitrogen and oxygen atoms in total. The fourth-order valence-electron chi connectivity index (χ4n) is 2.86. The normalized spacial score (nSPS) is 11.6. The summed E-state index contributed by atoms with van der Waals surface area (Å²) in [6.45, 7) is 2.10. The Morgan fingerprint density at radius 3 is 2.30 bits per heavy atom. The van der Waals surface area contributed by atoms with Crippen molar-refractivity contribution in [1.29, 1.82) is 0 Å². The van der Waals surface area contributed by atoms with Crippen LogP contribution in [0.15, 0.2) is 77.7 Å². The molecule has 0 aliphatic heterocycles. The molecule has 0 saturated heterocycles. The molecule has 0 radical (unpaired) electrons. The maximum absolute atomic E-state index is 13.0. The molecule has 6 heteroatoms. The molecule has 3 aromatic rings. The van der Waals surface area contributed by atoms with Gasteiger partial charge in [0.2, 0.25) is 15.9 Å². The number of rotatable bonds is 7. The SMILES string of the molecule is CCN(CC(=O)NCc1ccccc1)S(=O)(=O)c1ccc2ccccc2c1. The Morgan fingerprint density at radius 1 is 0.926 bits per heavy atom. The number of benzene rings is 3. The average molecular weight is 382 g/mol. The van der Waals surface area contributed by atoms with Gasteiger partial charge in [-0.15, -0.1) is 0 Å². The number of nitrogens with one attached hydrogen (secondary N) is 1. The predicted molar refractivity (Wildman–Crippen MR) is 107 cm³/mol. The maximum Gasteiger partial charge on any atom is 0.243 e. The van der Waals surface area contributed by atoms with Gasteiger partial charge in [-0.3, -0.25) is 4.79 Å². The highest BCUT2D eigenvalue weighted by Crippen LogP contribution is 2.21. The number of hydrogen-bond acceptors (Lipinski definition) is 3. The molecule has 27 heavy (non-hydrogen) atoms. The lowest BCUT2D eigenvalue weighted by atomic mass is 10.1. The fraction of sp³-hybridized carbons (Fsp3) is 0.190. The lowest BCUT2D eigenvalue weighted by Gasteiger charge is -2.20. The lowest BCUT2D eigenvalue weighted by molar-refractivity contribution is -0.121. The summed E-state index contributed by atoms with van der Waals surface area (Å²) in [5.41, 5.74) is 0.964. The monoisotopic (exact) mass is 382 g/mol. The van der Waals surface area contributed by atoms with E-state index >= 15 is 0 Å². The van der Waals surface area contributed by atoms with Crippen molar-refractivity contribution in [3.63, 3.8) is 0 Å². The van der Waals surface area contributed by atoms with Gasteiger partial charge in [-0.05, 0) is 28.5 Å². The highest BCUT2D eigenvalue weighted by Gasteiger charge is 2.25. The van der Waals surface area contributed by atoms with E-state index < -0.39 is 10.0 Å². The number of likely N-dealkylation sites (N-methyl/N-ethyl adjacent to an activating group) is 1. The van der Waals surface area contributed by atoms with E-state index in [9.17, 15) is 13.2 Å². The van der Waals surface area contributed by atoms with Crippen LogP contribution in [-0.4, -0.2) is 31.7 Å². The molecule has 0 aliphatic carbocycles. The zero-order valence-electron chi connectivity index (χ0n) is 15.1. The van der Waals surface area contributed by atoms with Crippen LogP contribution in [0.2, 0.25) is 0 Å². The molecule has 0 spiro atoms. The van der Waals surface area contributed by atoms with Crippen LogP contribution in [0.3, 0.4) is 0 Å². The molecule has 0 saturated carbocycles. The van der Waals surface area contributed by atoms with Crippen LogP contribution in [0.1, 0.15) is 12.5 Å². The minimum Gasteiger partial charge on any atom is -0.351 e. The molecule has 0 unspecified atom stereocenters. The molecule has 1 N–H and O–H groups in total. The van der Waals surface area contributed by atoms with Gasteiger partial charge in [-0.1, -0.05) is 67.6 Å². The first-order valence-electron chi connectivity index (χ1n) is 8.80. The largest absolute Gasteiger partial charge is 0.351 e. The minimum absolute atomic E-state index is 0.193. The Balaban J connectivity index is 1.73. The van der Waals surface area contributed by atoms with E-state index in [1.807, 2.05) is 54.6 Å². The van der Waals surface area contributed by atoms with E-state index in [1.165, 1.54) is 4.31 Å². The van der Waals surface area contributed by atoms with Crippen molar-refractivity contribution in [1.82, 2.24) is 9.62 Å².